The molecule has 0 spiro atoms. The fourth-order valence-electron chi connectivity index (χ4n) is 1.89. The fraction of sp³-hybridized carbons (Fsp3) is 0.333. The normalized spacial score (nSPS) is 10.5. The van der Waals surface area contributed by atoms with Crippen molar-refractivity contribution in [3.63, 3.8) is 0 Å². The van der Waals surface area contributed by atoms with Crippen LogP contribution in [0.2, 0.25) is 0 Å². The Bertz CT molecular complexity index is 656. The second kappa shape index (κ2) is 6.84. The van der Waals surface area contributed by atoms with Crippen LogP contribution in [0.25, 0.3) is 0 Å². The summed E-state index contributed by atoms with van der Waals surface area (Å²) in [6.07, 6.45) is 1.96. The van der Waals surface area contributed by atoms with E-state index in [0.29, 0.717) is 0 Å². The van der Waals surface area contributed by atoms with Crippen LogP contribution in [-0.4, -0.2) is 21.0 Å². The van der Waals surface area contributed by atoms with Gasteiger partial charge in [0, 0.05) is 5.69 Å². The summed E-state index contributed by atoms with van der Waals surface area (Å²) in [7, 11) is 0. The van der Waals surface area contributed by atoms with Crippen molar-refractivity contribution in [2.75, 3.05) is 5.32 Å². The second-order valence-electron chi connectivity index (χ2n) is 4.98. The Balaban J connectivity index is 2.34. The molecule has 0 saturated carbocycles. The molecule has 7 nitrogen and oxygen atoms in total. The number of hydrogen-bond acceptors (Lipinski definition) is 6. The lowest BCUT2D eigenvalue weighted by Crippen LogP contribution is -2.10. The first kappa shape index (κ1) is 15.7. The zero-order valence-corrected chi connectivity index (χ0v) is 12.7. The molecule has 2 rings (SSSR count). The van der Waals surface area contributed by atoms with Gasteiger partial charge in [0.2, 0.25) is 5.82 Å². The zero-order valence-electron chi connectivity index (χ0n) is 12.7. The van der Waals surface area contributed by atoms with Crippen LogP contribution in [0, 0.1) is 10.1 Å². The highest BCUT2D eigenvalue weighted by atomic mass is 16.6. The molecule has 1 aromatic carbocycles. The molecule has 0 saturated heterocycles. The number of hydrogen-bond donors (Lipinski definition) is 1. The quantitative estimate of drug-likeness (QED) is 0.649. The predicted molar refractivity (Wildman–Crippen MR) is 83.6 cm³/mol. The number of rotatable bonds is 6. The number of aryl methyl sites for hydroxylation is 1. The van der Waals surface area contributed by atoms with E-state index in [0.717, 1.165) is 12.1 Å². The molecule has 1 aromatic heterocycles. The van der Waals surface area contributed by atoms with Gasteiger partial charge in [-0.05, 0) is 38.0 Å². The van der Waals surface area contributed by atoms with Gasteiger partial charge >= 0.3 is 5.69 Å². The Morgan fingerprint density at radius 2 is 1.95 bits per heavy atom. The molecule has 22 heavy (non-hydrogen) atoms. The van der Waals surface area contributed by atoms with Crippen molar-refractivity contribution >= 4 is 17.2 Å². The van der Waals surface area contributed by atoms with Crippen molar-refractivity contribution in [3.05, 3.63) is 46.3 Å². The molecule has 0 fully saturated rings. The summed E-state index contributed by atoms with van der Waals surface area (Å²) in [5.41, 5.74) is 1.64. The van der Waals surface area contributed by atoms with E-state index in [1.54, 1.807) is 13.8 Å². The summed E-state index contributed by atoms with van der Waals surface area (Å²) in [5, 5.41) is 14.3. The third kappa shape index (κ3) is 3.69. The van der Waals surface area contributed by atoms with Crippen LogP contribution in [0.4, 0.5) is 17.2 Å². The third-order valence-electron chi connectivity index (χ3n) is 2.94. The molecule has 1 N–H and O–H groups in total. The number of aromatic nitrogens is 2. The van der Waals surface area contributed by atoms with Crippen molar-refractivity contribution in [3.8, 4) is 5.88 Å². The average Bonchev–Trinajstić information content (AvgIpc) is 2.47. The minimum Gasteiger partial charge on any atom is -0.470 e. The van der Waals surface area contributed by atoms with Gasteiger partial charge in [-0.1, -0.05) is 19.1 Å². The van der Waals surface area contributed by atoms with Gasteiger partial charge < -0.3 is 10.1 Å². The van der Waals surface area contributed by atoms with Gasteiger partial charge in [-0.15, -0.1) is 0 Å². The van der Waals surface area contributed by atoms with E-state index in [1.807, 2.05) is 24.3 Å². The van der Waals surface area contributed by atoms with Crippen molar-refractivity contribution in [1.29, 1.82) is 0 Å². The van der Waals surface area contributed by atoms with Crippen LogP contribution in [0.3, 0.4) is 0 Å². The summed E-state index contributed by atoms with van der Waals surface area (Å²) >= 11 is 0. The largest absolute Gasteiger partial charge is 0.470 e. The van der Waals surface area contributed by atoms with Crippen LogP contribution < -0.4 is 10.1 Å². The number of benzene rings is 1. The maximum atomic E-state index is 11.3. The van der Waals surface area contributed by atoms with E-state index in [-0.39, 0.29) is 23.5 Å². The van der Waals surface area contributed by atoms with Crippen molar-refractivity contribution < 1.29 is 9.66 Å². The summed E-state index contributed by atoms with van der Waals surface area (Å²) in [6.45, 7) is 5.62. The van der Waals surface area contributed by atoms with Crippen LogP contribution in [0.1, 0.15) is 26.3 Å². The molecular formula is C15H18N4O3. The SMILES string of the molecule is CCc1ccc(Nc2ncnc(OC(C)C)c2[N+](=O)[O-])cc1. The first-order chi connectivity index (χ1) is 10.5. The number of nitrogens with zero attached hydrogens (tertiary/aromatic N) is 3. The lowest BCUT2D eigenvalue weighted by molar-refractivity contribution is -0.385. The van der Waals surface area contributed by atoms with Crippen molar-refractivity contribution in [2.24, 2.45) is 0 Å². The monoisotopic (exact) mass is 302 g/mol. The molecule has 0 amide bonds. The van der Waals surface area contributed by atoms with E-state index in [9.17, 15) is 10.1 Å². The highest BCUT2D eigenvalue weighted by Gasteiger charge is 2.25. The molecule has 0 bridgehead atoms. The molecule has 0 atom stereocenters. The highest BCUT2D eigenvalue weighted by molar-refractivity contribution is 5.68. The fourth-order valence-corrected chi connectivity index (χ4v) is 1.89. The molecule has 116 valence electrons. The van der Waals surface area contributed by atoms with Gasteiger partial charge in [-0.2, -0.15) is 4.98 Å². The van der Waals surface area contributed by atoms with Crippen molar-refractivity contribution in [1.82, 2.24) is 9.97 Å². The minimum absolute atomic E-state index is 0.0392. The first-order valence-electron chi connectivity index (χ1n) is 7.03. The Morgan fingerprint density at radius 3 is 2.50 bits per heavy atom. The lowest BCUT2D eigenvalue weighted by Gasteiger charge is -2.11. The van der Waals surface area contributed by atoms with Crippen LogP contribution >= 0.6 is 0 Å². The summed E-state index contributed by atoms with van der Waals surface area (Å²) < 4.78 is 5.39. The van der Waals surface area contributed by atoms with Gasteiger partial charge in [0.05, 0.1) is 11.0 Å². The molecule has 1 heterocycles. The van der Waals surface area contributed by atoms with E-state index in [1.165, 1.54) is 11.9 Å². The predicted octanol–water partition coefficient (Wildman–Crippen LogP) is 3.48. The molecular weight excluding hydrogens is 284 g/mol. The molecule has 2 aromatic rings. The van der Waals surface area contributed by atoms with Crippen LogP contribution in [0.15, 0.2) is 30.6 Å². The standard InChI is InChI=1S/C15H18N4O3/c1-4-11-5-7-12(8-6-11)18-14-13(19(20)21)15(17-9-16-14)22-10(2)3/h5-10H,4H2,1-3H3,(H,16,17,18). The molecule has 0 aliphatic rings. The zero-order chi connectivity index (χ0) is 16.1. The van der Waals surface area contributed by atoms with Gasteiger partial charge in [0.15, 0.2) is 0 Å². The van der Waals surface area contributed by atoms with E-state index >= 15 is 0 Å². The molecule has 0 aliphatic heterocycles. The first-order valence-corrected chi connectivity index (χ1v) is 7.03. The Hall–Kier alpha value is -2.70. The average molecular weight is 302 g/mol. The molecule has 7 heteroatoms. The van der Waals surface area contributed by atoms with Crippen LogP contribution in [0.5, 0.6) is 5.88 Å². The van der Waals surface area contributed by atoms with Gasteiger partial charge in [0.1, 0.15) is 6.33 Å². The van der Waals surface area contributed by atoms with Gasteiger partial charge in [-0.25, -0.2) is 4.98 Å². The molecule has 0 radical (unpaired) electrons. The number of anilines is 2. The third-order valence-corrected chi connectivity index (χ3v) is 2.94. The van der Waals surface area contributed by atoms with E-state index in [4.69, 9.17) is 4.74 Å². The Kier molecular flexibility index (Phi) is 4.88. The second-order valence-corrected chi connectivity index (χ2v) is 4.98. The summed E-state index contributed by atoms with van der Waals surface area (Å²) in [6, 6.07) is 7.63. The van der Waals surface area contributed by atoms with Gasteiger partial charge in [0.25, 0.3) is 5.88 Å². The number of nitrogens with one attached hydrogen (secondary N) is 1. The van der Waals surface area contributed by atoms with E-state index < -0.39 is 4.92 Å². The molecule has 0 unspecified atom stereocenters. The molecule has 0 aliphatic carbocycles. The smallest absolute Gasteiger partial charge is 0.373 e. The van der Waals surface area contributed by atoms with E-state index in [2.05, 4.69) is 22.2 Å². The van der Waals surface area contributed by atoms with Crippen LogP contribution in [-0.2, 0) is 6.42 Å². The number of ether oxygens (including phenoxy) is 1. The minimum atomic E-state index is -0.541. The maximum absolute atomic E-state index is 11.3. The topological polar surface area (TPSA) is 90.2 Å². The highest BCUT2D eigenvalue weighted by Crippen LogP contribution is 2.33. The summed E-state index contributed by atoms with van der Waals surface area (Å²) in [5.74, 6) is 0.0718. The lowest BCUT2D eigenvalue weighted by atomic mass is 10.1. The number of nitro groups is 1. The maximum Gasteiger partial charge on any atom is 0.373 e. The summed E-state index contributed by atoms with van der Waals surface area (Å²) in [4.78, 5) is 18.6. The van der Waals surface area contributed by atoms with Crippen molar-refractivity contribution in [2.45, 2.75) is 33.3 Å². The Labute approximate surface area is 128 Å². The van der Waals surface area contributed by atoms with Gasteiger partial charge in [-0.3, -0.25) is 10.1 Å². The Morgan fingerprint density at radius 1 is 1.27 bits per heavy atom.